The van der Waals surface area contributed by atoms with Gasteiger partial charge >= 0.3 is 6.09 Å². The molecule has 2 aromatic carbocycles. The minimum Gasteiger partial charge on any atom is -0.444 e. The maximum Gasteiger partial charge on any atom is 0.408 e. The fourth-order valence-electron chi connectivity index (χ4n) is 6.15. The zero-order valence-electron chi connectivity index (χ0n) is 26.0. The number of fused-ring (bicyclic) bond motifs is 3. The normalized spacial score (nSPS) is 26.8. The molecule has 242 valence electrons. The summed E-state index contributed by atoms with van der Waals surface area (Å²) in [6.45, 7) is 5.54. The molecule has 5 rings (SSSR count). The molecule has 12 heteroatoms. The second kappa shape index (κ2) is 12.8. The van der Waals surface area contributed by atoms with Crippen molar-refractivity contribution in [1.82, 2.24) is 20.3 Å². The fourth-order valence-corrected chi connectivity index (χ4v) is 7.22. The Kier molecular flexibility index (Phi) is 9.25. The maximum absolute atomic E-state index is 13.8. The Morgan fingerprint density at radius 2 is 1.76 bits per heavy atom. The first-order valence-corrected chi connectivity index (χ1v) is 17.1. The van der Waals surface area contributed by atoms with E-state index in [2.05, 4.69) is 15.4 Å². The molecule has 0 unspecified atom stereocenters. The van der Waals surface area contributed by atoms with Crippen LogP contribution in [-0.4, -0.2) is 66.9 Å². The van der Waals surface area contributed by atoms with Crippen LogP contribution in [0, 0.1) is 5.92 Å². The van der Waals surface area contributed by atoms with Gasteiger partial charge in [0.1, 0.15) is 23.2 Å². The van der Waals surface area contributed by atoms with Gasteiger partial charge in [-0.2, -0.15) is 0 Å². The lowest BCUT2D eigenvalue weighted by Crippen LogP contribution is -2.58. The molecule has 1 saturated carbocycles. The van der Waals surface area contributed by atoms with Crippen LogP contribution in [0.1, 0.15) is 72.1 Å². The van der Waals surface area contributed by atoms with E-state index in [1.54, 1.807) is 39.0 Å². The molecule has 11 nitrogen and oxygen atoms in total. The van der Waals surface area contributed by atoms with Gasteiger partial charge in [-0.3, -0.25) is 14.4 Å². The number of nitrogens with zero attached hydrogens (tertiary/aromatic N) is 1. The molecule has 1 saturated heterocycles. The van der Waals surface area contributed by atoms with Crippen molar-refractivity contribution in [1.29, 1.82) is 0 Å². The Hall–Kier alpha value is -3.93. The van der Waals surface area contributed by atoms with Crippen molar-refractivity contribution in [3.05, 3.63) is 54.6 Å². The van der Waals surface area contributed by atoms with Gasteiger partial charge in [0, 0.05) is 12.5 Å². The number of sulfonamides is 1. The lowest BCUT2D eigenvalue weighted by molar-refractivity contribution is -0.141. The fraction of sp³-hybridized carbons (Fsp3) is 0.515. The summed E-state index contributed by atoms with van der Waals surface area (Å²) in [6, 6.07) is 10.2. The van der Waals surface area contributed by atoms with Crippen LogP contribution in [0.3, 0.4) is 0 Å². The van der Waals surface area contributed by atoms with E-state index in [-0.39, 0.29) is 17.2 Å². The molecule has 2 aliphatic heterocycles. The number of amides is 4. The van der Waals surface area contributed by atoms with Crippen LogP contribution >= 0.6 is 0 Å². The van der Waals surface area contributed by atoms with Crippen LogP contribution < -0.4 is 15.4 Å². The van der Waals surface area contributed by atoms with Crippen molar-refractivity contribution in [3.63, 3.8) is 0 Å². The van der Waals surface area contributed by atoms with Crippen molar-refractivity contribution in [2.24, 2.45) is 5.92 Å². The lowest BCUT2D eigenvalue weighted by Gasteiger charge is -2.30. The summed E-state index contributed by atoms with van der Waals surface area (Å²) in [7, 11) is -4.24. The summed E-state index contributed by atoms with van der Waals surface area (Å²) in [6.07, 6.45) is 7.73. The van der Waals surface area contributed by atoms with Crippen LogP contribution in [0.2, 0.25) is 0 Å². The minimum atomic E-state index is -4.24. The molecule has 3 N–H and O–H groups in total. The van der Waals surface area contributed by atoms with Gasteiger partial charge in [-0.15, -0.1) is 0 Å². The van der Waals surface area contributed by atoms with Crippen LogP contribution in [0.5, 0.6) is 0 Å². The Balaban J connectivity index is 1.37. The second-order valence-electron chi connectivity index (χ2n) is 13.2. The summed E-state index contributed by atoms with van der Waals surface area (Å²) in [5.41, 5.74) is -2.21. The van der Waals surface area contributed by atoms with E-state index in [1.165, 1.54) is 17.0 Å². The molecule has 2 aromatic rings. The van der Waals surface area contributed by atoms with Gasteiger partial charge in [-0.25, -0.2) is 17.9 Å². The SMILES string of the molecule is CC(C)(C)OC(=O)N[C@H]1CCCCC/C=C\[C@@H]2C[C@@]2(C(=O)NS(=O)(=O)c2ccc3ccccc3c2)NC(=O)[C@@H]2CCCN2C1=O. The molecular formula is C33H42N4O7S. The molecule has 2 fully saturated rings. The average molecular weight is 639 g/mol. The molecule has 45 heavy (non-hydrogen) atoms. The van der Waals surface area contributed by atoms with Gasteiger partial charge in [0.2, 0.25) is 11.8 Å². The molecule has 2 heterocycles. The van der Waals surface area contributed by atoms with Gasteiger partial charge in [-0.05, 0) is 82.2 Å². The number of hydrogen-bond donors (Lipinski definition) is 3. The van der Waals surface area contributed by atoms with Crippen LogP contribution in [0.15, 0.2) is 59.5 Å². The highest BCUT2D eigenvalue weighted by molar-refractivity contribution is 7.90. The van der Waals surface area contributed by atoms with Crippen molar-refractivity contribution in [2.45, 2.75) is 100 Å². The van der Waals surface area contributed by atoms with Gasteiger partial charge in [0.15, 0.2) is 0 Å². The molecule has 3 aliphatic rings. The van der Waals surface area contributed by atoms with E-state index >= 15 is 0 Å². The molecule has 0 bridgehead atoms. The number of carbonyl (C=O) groups excluding carboxylic acids is 4. The number of nitrogens with one attached hydrogen (secondary N) is 3. The standard InChI is InChI=1S/C33H42N4O7S/c1-32(2,3)44-31(41)34-26-15-8-6-4-5-7-14-24-21-33(24,35-28(38)27-16-11-19-37(27)29(26)39)30(40)36-45(42,43)25-18-17-22-12-9-10-13-23(22)20-25/h7,9-10,12-14,17-18,20,24,26-27H,4-6,8,11,15-16,19,21H2,1-3H3,(H,34,41)(H,35,38)(H,36,40)/b14-7-/t24-,26+,27+,33-/m1/s1. The predicted octanol–water partition coefficient (Wildman–Crippen LogP) is 3.92. The second-order valence-corrected chi connectivity index (χ2v) is 14.9. The zero-order valence-corrected chi connectivity index (χ0v) is 26.8. The number of benzene rings is 2. The predicted molar refractivity (Wildman–Crippen MR) is 168 cm³/mol. The maximum atomic E-state index is 13.8. The topological polar surface area (TPSA) is 151 Å². The Morgan fingerprint density at radius 3 is 2.51 bits per heavy atom. The van der Waals surface area contributed by atoms with Gasteiger partial charge in [-0.1, -0.05) is 55.3 Å². The minimum absolute atomic E-state index is 0.0572. The Bertz CT molecular complexity index is 1620. The number of rotatable bonds is 4. The highest BCUT2D eigenvalue weighted by Gasteiger charge is 2.61. The summed E-state index contributed by atoms with van der Waals surface area (Å²) < 4.78 is 34.3. The third kappa shape index (κ3) is 7.49. The van der Waals surface area contributed by atoms with E-state index in [0.717, 1.165) is 18.2 Å². The summed E-state index contributed by atoms with van der Waals surface area (Å²) in [4.78, 5) is 55.2. The number of hydrogen-bond acceptors (Lipinski definition) is 7. The van der Waals surface area contributed by atoms with E-state index in [0.29, 0.717) is 44.0 Å². The highest BCUT2D eigenvalue weighted by atomic mass is 32.2. The molecule has 0 radical (unpaired) electrons. The van der Waals surface area contributed by atoms with Crippen LogP contribution in [-0.2, 0) is 29.1 Å². The monoisotopic (exact) mass is 638 g/mol. The van der Waals surface area contributed by atoms with Crippen LogP contribution in [0.4, 0.5) is 4.79 Å². The number of allylic oxidation sites excluding steroid dienone is 1. The van der Waals surface area contributed by atoms with Crippen LogP contribution in [0.25, 0.3) is 10.8 Å². The zero-order chi connectivity index (χ0) is 32.4. The van der Waals surface area contributed by atoms with Crippen molar-refractivity contribution in [3.8, 4) is 0 Å². The molecule has 0 spiro atoms. The van der Waals surface area contributed by atoms with Crippen molar-refractivity contribution >= 4 is 44.6 Å². The first-order valence-electron chi connectivity index (χ1n) is 15.6. The van der Waals surface area contributed by atoms with Crippen molar-refractivity contribution in [2.75, 3.05) is 6.54 Å². The summed E-state index contributed by atoms with van der Waals surface area (Å²) in [5.74, 6) is -2.12. The van der Waals surface area contributed by atoms with Gasteiger partial charge in [0.25, 0.3) is 15.9 Å². The first kappa shape index (κ1) is 32.5. The van der Waals surface area contributed by atoms with E-state index in [4.69, 9.17) is 4.74 Å². The average Bonchev–Trinajstić information content (AvgIpc) is 3.43. The van der Waals surface area contributed by atoms with E-state index < -0.39 is 57.1 Å². The van der Waals surface area contributed by atoms with Gasteiger partial charge in [0.05, 0.1) is 4.90 Å². The highest BCUT2D eigenvalue weighted by Crippen LogP contribution is 2.46. The molecule has 0 aromatic heterocycles. The number of alkyl carbamates (subject to hydrolysis) is 1. The smallest absolute Gasteiger partial charge is 0.408 e. The summed E-state index contributed by atoms with van der Waals surface area (Å²) >= 11 is 0. The quantitative estimate of drug-likeness (QED) is 0.430. The number of ether oxygens (including phenoxy) is 1. The first-order chi connectivity index (χ1) is 21.3. The lowest BCUT2D eigenvalue weighted by atomic mass is 10.0. The molecular weight excluding hydrogens is 596 g/mol. The summed E-state index contributed by atoms with van der Waals surface area (Å²) in [5, 5.41) is 7.13. The van der Waals surface area contributed by atoms with E-state index in [1.807, 2.05) is 24.3 Å². The van der Waals surface area contributed by atoms with Crippen molar-refractivity contribution < 1.29 is 32.3 Å². The number of carbonyl (C=O) groups is 4. The largest absolute Gasteiger partial charge is 0.444 e. The van der Waals surface area contributed by atoms with E-state index in [9.17, 15) is 27.6 Å². The van der Waals surface area contributed by atoms with Gasteiger partial charge < -0.3 is 20.3 Å². The molecule has 1 aliphatic carbocycles. The third-order valence-electron chi connectivity index (χ3n) is 8.58. The third-order valence-corrected chi connectivity index (χ3v) is 9.91. The molecule has 4 amide bonds. The molecule has 4 atom stereocenters. The Labute approximate surface area is 264 Å². The Morgan fingerprint density at radius 1 is 1.00 bits per heavy atom.